The minimum atomic E-state index is -0.568. The van der Waals surface area contributed by atoms with Crippen molar-refractivity contribution < 1.29 is 23.9 Å². The molecule has 6 nitrogen and oxygen atoms in total. The molecule has 6 heteroatoms. The summed E-state index contributed by atoms with van der Waals surface area (Å²) in [5.41, 5.74) is 3.57. The first-order chi connectivity index (χ1) is 13.8. The van der Waals surface area contributed by atoms with Crippen molar-refractivity contribution in [1.82, 2.24) is 4.90 Å². The number of esters is 1. The van der Waals surface area contributed by atoms with E-state index in [0.29, 0.717) is 17.9 Å². The van der Waals surface area contributed by atoms with Gasteiger partial charge in [-0.3, -0.25) is 14.4 Å². The van der Waals surface area contributed by atoms with E-state index in [1.165, 1.54) is 4.90 Å². The highest BCUT2D eigenvalue weighted by molar-refractivity contribution is 5.97. The standard InChI is InChI=1S/C23H27NO5/c1-16-9-10-18(13-17(16)2)20(25)11-12-23(27)29-15-22(26)24(3)14-19-7-5-6-8-21(19)28-4/h5-10,13H,11-12,14-15H2,1-4H3. The van der Waals surface area contributed by atoms with E-state index in [0.717, 1.165) is 16.7 Å². The maximum Gasteiger partial charge on any atom is 0.306 e. The number of benzene rings is 2. The summed E-state index contributed by atoms with van der Waals surface area (Å²) in [4.78, 5) is 37.8. The molecule has 0 saturated carbocycles. The molecule has 0 aliphatic carbocycles. The number of likely N-dealkylation sites (N-methyl/N-ethyl adjacent to an activating group) is 1. The van der Waals surface area contributed by atoms with E-state index in [-0.39, 0.29) is 31.1 Å². The zero-order valence-electron chi connectivity index (χ0n) is 17.4. The third kappa shape index (κ3) is 6.45. The van der Waals surface area contributed by atoms with Gasteiger partial charge in [-0.15, -0.1) is 0 Å². The number of methoxy groups -OCH3 is 1. The fourth-order valence-corrected chi connectivity index (χ4v) is 2.78. The average molecular weight is 397 g/mol. The number of amides is 1. The normalized spacial score (nSPS) is 10.3. The molecule has 0 aromatic heterocycles. The number of carbonyl (C=O) groups excluding carboxylic acids is 3. The van der Waals surface area contributed by atoms with Gasteiger partial charge in [0, 0.05) is 31.1 Å². The van der Waals surface area contributed by atoms with Crippen molar-refractivity contribution in [3.63, 3.8) is 0 Å². The highest BCUT2D eigenvalue weighted by Gasteiger charge is 2.16. The zero-order valence-corrected chi connectivity index (χ0v) is 17.4. The third-order valence-corrected chi connectivity index (χ3v) is 4.77. The molecule has 0 atom stereocenters. The highest BCUT2D eigenvalue weighted by atomic mass is 16.5. The molecule has 29 heavy (non-hydrogen) atoms. The molecule has 0 saturated heterocycles. The van der Waals surface area contributed by atoms with Gasteiger partial charge in [0.2, 0.25) is 0 Å². The van der Waals surface area contributed by atoms with Crippen LogP contribution in [0.5, 0.6) is 5.75 Å². The van der Waals surface area contributed by atoms with Gasteiger partial charge < -0.3 is 14.4 Å². The van der Waals surface area contributed by atoms with Crippen LogP contribution >= 0.6 is 0 Å². The van der Waals surface area contributed by atoms with Gasteiger partial charge in [0.15, 0.2) is 12.4 Å². The van der Waals surface area contributed by atoms with Gasteiger partial charge in [-0.1, -0.05) is 30.3 Å². The van der Waals surface area contributed by atoms with E-state index < -0.39 is 5.97 Å². The second-order valence-electron chi connectivity index (χ2n) is 6.94. The number of hydrogen-bond donors (Lipinski definition) is 0. The van der Waals surface area contributed by atoms with Crippen molar-refractivity contribution >= 4 is 17.7 Å². The Bertz CT molecular complexity index is 891. The molecule has 2 aromatic carbocycles. The van der Waals surface area contributed by atoms with Crippen molar-refractivity contribution in [2.45, 2.75) is 33.2 Å². The second-order valence-corrected chi connectivity index (χ2v) is 6.94. The summed E-state index contributed by atoms with van der Waals surface area (Å²) in [6.45, 7) is 3.89. The maximum absolute atomic E-state index is 12.2. The molecule has 0 N–H and O–H groups in total. The molecule has 1 amide bonds. The maximum atomic E-state index is 12.2. The number of nitrogens with zero attached hydrogens (tertiary/aromatic N) is 1. The second kappa shape index (κ2) is 10.4. The molecule has 2 aromatic rings. The van der Waals surface area contributed by atoms with E-state index in [2.05, 4.69) is 0 Å². The molecular formula is C23H27NO5. The van der Waals surface area contributed by atoms with E-state index in [9.17, 15) is 14.4 Å². The SMILES string of the molecule is COc1ccccc1CN(C)C(=O)COC(=O)CCC(=O)c1ccc(C)c(C)c1. The predicted molar refractivity (Wildman–Crippen MR) is 110 cm³/mol. The smallest absolute Gasteiger partial charge is 0.306 e. The lowest BCUT2D eigenvalue weighted by atomic mass is 10.0. The Hall–Kier alpha value is -3.15. The molecule has 0 radical (unpaired) electrons. The molecule has 154 valence electrons. The Labute approximate surface area is 171 Å². The Morgan fingerprint density at radius 1 is 0.966 bits per heavy atom. The van der Waals surface area contributed by atoms with E-state index in [4.69, 9.17) is 9.47 Å². The molecule has 0 heterocycles. The topological polar surface area (TPSA) is 72.9 Å². The molecule has 2 rings (SSSR count). The van der Waals surface area contributed by atoms with Crippen molar-refractivity contribution in [1.29, 1.82) is 0 Å². The van der Waals surface area contributed by atoms with Crippen LogP contribution in [0.1, 0.15) is 39.9 Å². The van der Waals surface area contributed by atoms with E-state index in [1.807, 2.05) is 50.2 Å². The first kappa shape index (κ1) is 22.1. The van der Waals surface area contributed by atoms with Crippen LogP contribution in [-0.2, 0) is 20.9 Å². The summed E-state index contributed by atoms with van der Waals surface area (Å²) in [5.74, 6) is -0.329. The fourth-order valence-electron chi connectivity index (χ4n) is 2.78. The lowest BCUT2D eigenvalue weighted by Gasteiger charge is -2.18. The molecule has 0 fully saturated rings. The number of ether oxygens (including phenoxy) is 2. The van der Waals surface area contributed by atoms with Crippen LogP contribution < -0.4 is 4.74 Å². The Morgan fingerprint density at radius 3 is 2.38 bits per heavy atom. The number of hydrogen-bond acceptors (Lipinski definition) is 5. The van der Waals surface area contributed by atoms with Gasteiger partial charge in [0.1, 0.15) is 5.75 Å². The van der Waals surface area contributed by atoms with Gasteiger partial charge in [-0.25, -0.2) is 0 Å². The summed E-state index contributed by atoms with van der Waals surface area (Å²) < 4.78 is 10.3. The Kier molecular flexibility index (Phi) is 7.95. The third-order valence-electron chi connectivity index (χ3n) is 4.77. The quantitative estimate of drug-likeness (QED) is 0.478. The van der Waals surface area contributed by atoms with Crippen molar-refractivity contribution in [2.24, 2.45) is 0 Å². The predicted octanol–water partition coefficient (Wildman–Crippen LogP) is 3.48. The monoisotopic (exact) mass is 397 g/mol. The summed E-state index contributed by atoms with van der Waals surface area (Å²) in [6, 6.07) is 12.9. The van der Waals surface area contributed by atoms with Crippen LogP contribution in [0.25, 0.3) is 0 Å². The highest BCUT2D eigenvalue weighted by Crippen LogP contribution is 2.18. The Morgan fingerprint density at radius 2 is 1.69 bits per heavy atom. The minimum absolute atomic E-state index is 0.0482. The number of para-hydroxylation sites is 1. The van der Waals surface area contributed by atoms with Crippen LogP contribution in [0.4, 0.5) is 0 Å². The molecule has 0 aliphatic heterocycles. The van der Waals surface area contributed by atoms with Crippen LogP contribution in [0.2, 0.25) is 0 Å². The summed E-state index contributed by atoms with van der Waals surface area (Å²) in [6.07, 6.45) is -0.0121. The molecule has 0 spiro atoms. The van der Waals surface area contributed by atoms with Gasteiger partial charge in [0.05, 0.1) is 13.5 Å². The van der Waals surface area contributed by atoms with Crippen LogP contribution in [0.3, 0.4) is 0 Å². The van der Waals surface area contributed by atoms with Crippen molar-refractivity contribution in [2.75, 3.05) is 20.8 Å². The number of aryl methyl sites for hydroxylation is 2. The molecular weight excluding hydrogens is 370 g/mol. The minimum Gasteiger partial charge on any atom is -0.496 e. The molecule has 0 bridgehead atoms. The van der Waals surface area contributed by atoms with Crippen molar-refractivity contribution in [3.8, 4) is 5.75 Å². The van der Waals surface area contributed by atoms with Crippen molar-refractivity contribution in [3.05, 3.63) is 64.7 Å². The van der Waals surface area contributed by atoms with Gasteiger partial charge in [-0.05, 0) is 37.1 Å². The lowest BCUT2D eigenvalue weighted by molar-refractivity contribution is -0.151. The van der Waals surface area contributed by atoms with Gasteiger partial charge in [0.25, 0.3) is 5.91 Å². The molecule has 0 aliphatic rings. The van der Waals surface area contributed by atoms with E-state index >= 15 is 0 Å². The Balaban J connectivity index is 1.78. The fraction of sp³-hybridized carbons (Fsp3) is 0.348. The van der Waals surface area contributed by atoms with Crippen LogP contribution in [0.15, 0.2) is 42.5 Å². The number of rotatable bonds is 9. The number of carbonyl (C=O) groups is 3. The number of Topliss-reactive ketones (excluding diaryl/α,β-unsaturated/α-hetero) is 1. The molecule has 0 unspecified atom stereocenters. The first-order valence-electron chi connectivity index (χ1n) is 9.43. The first-order valence-corrected chi connectivity index (χ1v) is 9.43. The van der Waals surface area contributed by atoms with Crippen LogP contribution in [-0.4, -0.2) is 43.3 Å². The van der Waals surface area contributed by atoms with Gasteiger partial charge >= 0.3 is 5.97 Å². The lowest BCUT2D eigenvalue weighted by Crippen LogP contribution is -2.31. The van der Waals surface area contributed by atoms with E-state index in [1.54, 1.807) is 20.2 Å². The zero-order chi connectivity index (χ0) is 21.4. The van der Waals surface area contributed by atoms with Crippen LogP contribution in [0, 0.1) is 13.8 Å². The summed E-state index contributed by atoms with van der Waals surface area (Å²) in [5, 5.41) is 0. The summed E-state index contributed by atoms with van der Waals surface area (Å²) >= 11 is 0. The largest absolute Gasteiger partial charge is 0.496 e. The average Bonchev–Trinajstić information content (AvgIpc) is 2.72. The number of ketones is 1. The summed E-state index contributed by atoms with van der Waals surface area (Å²) in [7, 11) is 3.20. The van der Waals surface area contributed by atoms with Gasteiger partial charge in [-0.2, -0.15) is 0 Å².